The first-order valence-corrected chi connectivity index (χ1v) is 11.8. The first kappa shape index (κ1) is 19.3. The summed E-state index contributed by atoms with van der Waals surface area (Å²) in [7, 11) is -4.25. The van der Waals surface area contributed by atoms with Gasteiger partial charge in [-0.1, -0.05) is 58.4 Å². The zero-order valence-electron chi connectivity index (χ0n) is 15.7. The molecule has 0 fully saturated rings. The maximum Gasteiger partial charge on any atom is 0.356 e. The number of para-hydroxylation sites is 1. The zero-order chi connectivity index (χ0) is 20.9. The van der Waals surface area contributed by atoms with Crippen LogP contribution in [-0.4, -0.2) is 14.4 Å². The second kappa shape index (κ2) is 7.22. The summed E-state index contributed by atoms with van der Waals surface area (Å²) in [5, 5.41) is 2.39. The van der Waals surface area contributed by atoms with E-state index in [1.54, 1.807) is 12.1 Å². The van der Waals surface area contributed by atoms with Crippen molar-refractivity contribution < 1.29 is 14.4 Å². The van der Waals surface area contributed by atoms with Gasteiger partial charge in [0, 0.05) is 20.9 Å². The minimum Gasteiger partial charge on any atom is -0.321 e. The van der Waals surface area contributed by atoms with Crippen LogP contribution in [0.15, 0.2) is 95.5 Å². The summed E-state index contributed by atoms with van der Waals surface area (Å²) in [6.45, 7) is 0. The molecule has 0 saturated heterocycles. The van der Waals surface area contributed by atoms with Gasteiger partial charge in [0.05, 0.1) is 16.3 Å². The summed E-state index contributed by atoms with van der Waals surface area (Å²) in [5.74, 6) is 0. The topological polar surface area (TPSA) is 62.5 Å². The molecule has 5 aromatic rings. The summed E-state index contributed by atoms with van der Waals surface area (Å²) in [5.41, 5.74) is 5.15. The van der Waals surface area contributed by atoms with E-state index in [2.05, 4.69) is 56.9 Å². The minimum atomic E-state index is -4.25. The third kappa shape index (κ3) is 3.30. The highest BCUT2D eigenvalue weighted by atomic mass is 79.9. The Balaban J connectivity index is 1.69. The Morgan fingerprint density at radius 1 is 0.700 bits per heavy atom. The molecule has 5 rings (SSSR count). The van der Waals surface area contributed by atoms with Crippen molar-refractivity contribution in [2.24, 2.45) is 0 Å². The third-order valence-corrected chi connectivity index (χ3v) is 6.74. The van der Waals surface area contributed by atoms with Gasteiger partial charge in [-0.15, -0.1) is 0 Å². The molecule has 0 amide bonds. The van der Waals surface area contributed by atoms with Crippen LogP contribution in [-0.2, 0) is 4.57 Å². The number of hydrogen-bond acceptors (Lipinski definition) is 1. The molecule has 30 heavy (non-hydrogen) atoms. The molecule has 1 heterocycles. The molecular weight excluding hydrogens is 461 g/mol. The van der Waals surface area contributed by atoms with Crippen LogP contribution in [0.4, 0.5) is 0 Å². The van der Waals surface area contributed by atoms with Crippen molar-refractivity contribution in [3.05, 3.63) is 95.5 Å². The van der Waals surface area contributed by atoms with Crippen molar-refractivity contribution in [3.63, 3.8) is 0 Å². The lowest BCUT2D eigenvalue weighted by Crippen LogP contribution is -2.02. The highest BCUT2D eigenvalue weighted by molar-refractivity contribution is 9.10. The van der Waals surface area contributed by atoms with Gasteiger partial charge >= 0.3 is 7.60 Å². The molecule has 1 aromatic heterocycles. The van der Waals surface area contributed by atoms with Crippen LogP contribution in [0.5, 0.6) is 0 Å². The van der Waals surface area contributed by atoms with E-state index in [-0.39, 0.29) is 5.30 Å². The predicted molar refractivity (Wildman–Crippen MR) is 126 cm³/mol. The first-order valence-electron chi connectivity index (χ1n) is 9.37. The summed E-state index contributed by atoms with van der Waals surface area (Å²) < 4.78 is 14.7. The molecule has 0 aliphatic rings. The Labute approximate surface area is 181 Å². The van der Waals surface area contributed by atoms with Crippen molar-refractivity contribution in [1.82, 2.24) is 4.57 Å². The molecule has 4 nitrogen and oxygen atoms in total. The lowest BCUT2D eigenvalue weighted by atomic mass is 10.1. The quantitative estimate of drug-likeness (QED) is 0.312. The number of halogens is 1. The van der Waals surface area contributed by atoms with E-state index < -0.39 is 7.60 Å². The molecule has 0 bridgehead atoms. The molecule has 0 radical (unpaired) electrons. The molecule has 0 aliphatic carbocycles. The monoisotopic (exact) mass is 477 g/mol. The number of aromatic nitrogens is 1. The fourth-order valence-corrected chi connectivity index (χ4v) is 4.79. The van der Waals surface area contributed by atoms with Gasteiger partial charge < -0.3 is 14.4 Å². The average molecular weight is 478 g/mol. The average Bonchev–Trinajstić information content (AvgIpc) is 3.07. The zero-order valence-corrected chi connectivity index (χ0v) is 18.2. The normalized spacial score (nSPS) is 12.0. The fraction of sp³-hybridized carbons (Fsp3) is 0. The van der Waals surface area contributed by atoms with Crippen molar-refractivity contribution in [2.75, 3.05) is 0 Å². The second-order valence-corrected chi connectivity index (χ2v) is 9.68. The van der Waals surface area contributed by atoms with Crippen LogP contribution in [0.1, 0.15) is 0 Å². The molecule has 0 atom stereocenters. The molecule has 0 unspecified atom stereocenters. The molecule has 6 heteroatoms. The van der Waals surface area contributed by atoms with E-state index >= 15 is 0 Å². The van der Waals surface area contributed by atoms with E-state index in [9.17, 15) is 14.4 Å². The summed E-state index contributed by atoms with van der Waals surface area (Å²) in [4.78, 5) is 18.7. The van der Waals surface area contributed by atoms with Crippen molar-refractivity contribution in [2.45, 2.75) is 0 Å². The van der Waals surface area contributed by atoms with E-state index in [0.717, 1.165) is 32.3 Å². The number of benzene rings is 4. The minimum absolute atomic E-state index is 0.0235. The summed E-state index contributed by atoms with van der Waals surface area (Å²) in [6.07, 6.45) is 0. The lowest BCUT2D eigenvalue weighted by Gasteiger charge is -2.11. The van der Waals surface area contributed by atoms with Gasteiger partial charge in [-0.25, -0.2) is 0 Å². The Bertz CT molecular complexity index is 1450. The summed E-state index contributed by atoms with van der Waals surface area (Å²) >= 11 is 3.58. The van der Waals surface area contributed by atoms with Crippen LogP contribution >= 0.6 is 23.5 Å². The fourth-order valence-electron chi connectivity index (χ4n) is 3.90. The van der Waals surface area contributed by atoms with Gasteiger partial charge in [-0.2, -0.15) is 0 Å². The molecule has 4 aromatic carbocycles. The van der Waals surface area contributed by atoms with Crippen LogP contribution < -0.4 is 5.30 Å². The predicted octanol–water partition coefficient (Wildman–Crippen LogP) is 6.02. The van der Waals surface area contributed by atoms with Crippen LogP contribution in [0.25, 0.3) is 38.6 Å². The molecule has 148 valence electrons. The Kier molecular flexibility index (Phi) is 4.64. The molecule has 0 spiro atoms. The van der Waals surface area contributed by atoms with Gasteiger partial charge in [0.15, 0.2) is 0 Å². The standard InChI is InChI=1S/C24H17BrNO3P/c25-18-10-13-24-22(15-18)21-6-1-2-7-23(21)26(24)19-5-3-4-17(14-19)16-8-11-20(12-9-16)30(27,28)29/h1-15H,(H2,27,28,29). The molecular formula is C24H17BrNO3P. The van der Waals surface area contributed by atoms with Crippen LogP contribution in [0.2, 0.25) is 0 Å². The van der Waals surface area contributed by atoms with Crippen LogP contribution in [0, 0.1) is 0 Å². The van der Waals surface area contributed by atoms with Crippen LogP contribution in [0.3, 0.4) is 0 Å². The van der Waals surface area contributed by atoms with Gasteiger partial charge in [0.25, 0.3) is 0 Å². The highest BCUT2D eigenvalue weighted by Gasteiger charge is 2.17. The number of nitrogens with zero attached hydrogens (tertiary/aromatic N) is 1. The van der Waals surface area contributed by atoms with Crippen molar-refractivity contribution >= 4 is 50.6 Å². The highest BCUT2D eigenvalue weighted by Crippen LogP contribution is 2.36. The van der Waals surface area contributed by atoms with Gasteiger partial charge in [-0.05, 0) is 59.7 Å². The second-order valence-electron chi connectivity index (χ2n) is 7.16. The number of fused-ring (bicyclic) bond motifs is 3. The third-order valence-electron chi connectivity index (χ3n) is 5.28. The molecule has 0 aliphatic heterocycles. The Hall–Kier alpha value is -2.69. The molecule has 0 saturated carbocycles. The Morgan fingerprint density at radius 3 is 2.20 bits per heavy atom. The number of hydrogen-bond donors (Lipinski definition) is 2. The van der Waals surface area contributed by atoms with E-state index in [1.165, 1.54) is 22.9 Å². The largest absolute Gasteiger partial charge is 0.356 e. The van der Waals surface area contributed by atoms with E-state index in [4.69, 9.17) is 0 Å². The summed E-state index contributed by atoms with van der Waals surface area (Å²) in [6, 6.07) is 29.3. The van der Waals surface area contributed by atoms with E-state index in [0.29, 0.717) is 0 Å². The maximum atomic E-state index is 11.5. The maximum absolute atomic E-state index is 11.5. The van der Waals surface area contributed by atoms with Crippen molar-refractivity contribution in [1.29, 1.82) is 0 Å². The van der Waals surface area contributed by atoms with Gasteiger partial charge in [-0.3, -0.25) is 4.57 Å². The Morgan fingerprint density at radius 2 is 1.43 bits per heavy atom. The number of rotatable bonds is 3. The van der Waals surface area contributed by atoms with E-state index in [1.807, 2.05) is 30.3 Å². The smallest absolute Gasteiger partial charge is 0.321 e. The van der Waals surface area contributed by atoms with Crippen molar-refractivity contribution in [3.8, 4) is 16.8 Å². The van der Waals surface area contributed by atoms with Gasteiger partial charge in [0.1, 0.15) is 0 Å². The SMILES string of the molecule is O=P(O)(O)c1ccc(-c2cccc(-n3c4ccccc4c4cc(Br)ccc43)c2)cc1. The van der Waals surface area contributed by atoms with Gasteiger partial charge in [0.2, 0.25) is 0 Å². The molecule has 2 N–H and O–H groups in total. The first-order chi connectivity index (χ1) is 14.4. The lowest BCUT2D eigenvalue weighted by molar-refractivity contribution is 0.387.